The molecule has 1 aromatic rings. The predicted molar refractivity (Wildman–Crippen MR) is 53.9 cm³/mol. The molecule has 0 fully saturated rings. The van der Waals surface area contributed by atoms with Gasteiger partial charge in [-0.25, -0.2) is 4.79 Å². The molecule has 0 radical (unpaired) electrons. The standard InChI is InChI=1S/C9H13NO2S/c1-9(2,3)12-8(11)7-6(10)4-5-13-7/h4-5H,10H2,1-3H3. The Balaban J connectivity index is 2.76. The summed E-state index contributed by atoms with van der Waals surface area (Å²) < 4.78 is 5.15. The summed E-state index contributed by atoms with van der Waals surface area (Å²) in [6.45, 7) is 5.48. The van der Waals surface area contributed by atoms with Crippen molar-refractivity contribution in [1.82, 2.24) is 0 Å². The summed E-state index contributed by atoms with van der Waals surface area (Å²) in [5, 5.41) is 1.77. The molecule has 0 spiro atoms. The van der Waals surface area contributed by atoms with Gasteiger partial charge in [0, 0.05) is 0 Å². The predicted octanol–water partition coefficient (Wildman–Crippen LogP) is 2.29. The SMILES string of the molecule is CC(C)(C)OC(=O)c1sccc1N. The second-order valence-corrected chi connectivity index (χ2v) is 4.62. The van der Waals surface area contributed by atoms with Crippen molar-refractivity contribution in [2.45, 2.75) is 26.4 Å². The van der Waals surface area contributed by atoms with Gasteiger partial charge in [0.25, 0.3) is 0 Å². The van der Waals surface area contributed by atoms with Gasteiger partial charge in [-0.3, -0.25) is 0 Å². The third-order valence-corrected chi connectivity index (χ3v) is 2.19. The van der Waals surface area contributed by atoms with E-state index in [4.69, 9.17) is 10.5 Å². The monoisotopic (exact) mass is 199 g/mol. The molecule has 0 aliphatic heterocycles. The molecule has 2 N–H and O–H groups in total. The molecule has 1 heterocycles. The summed E-state index contributed by atoms with van der Waals surface area (Å²) in [4.78, 5) is 11.9. The topological polar surface area (TPSA) is 52.3 Å². The Morgan fingerprint density at radius 3 is 2.54 bits per heavy atom. The summed E-state index contributed by atoms with van der Waals surface area (Å²) in [6, 6.07) is 1.70. The molecule has 0 aliphatic rings. The average molecular weight is 199 g/mol. The lowest BCUT2D eigenvalue weighted by Crippen LogP contribution is -2.23. The zero-order valence-electron chi connectivity index (χ0n) is 7.96. The maximum atomic E-state index is 11.5. The van der Waals surface area contributed by atoms with Gasteiger partial charge >= 0.3 is 5.97 Å². The lowest BCUT2D eigenvalue weighted by Gasteiger charge is -2.18. The number of hydrogen-bond acceptors (Lipinski definition) is 4. The molecule has 1 aromatic heterocycles. The summed E-state index contributed by atoms with van der Waals surface area (Å²) >= 11 is 1.30. The van der Waals surface area contributed by atoms with E-state index in [1.807, 2.05) is 20.8 Å². The van der Waals surface area contributed by atoms with Crippen molar-refractivity contribution < 1.29 is 9.53 Å². The molecule has 4 heteroatoms. The minimum atomic E-state index is -0.465. The van der Waals surface area contributed by atoms with E-state index in [1.54, 1.807) is 11.4 Å². The number of carbonyl (C=O) groups is 1. The van der Waals surface area contributed by atoms with E-state index in [-0.39, 0.29) is 5.97 Å². The fraction of sp³-hybridized carbons (Fsp3) is 0.444. The van der Waals surface area contributed by atoms with Crippen LogP contribution < -0.4 is 5.73 Å². The van der Waals surface area contributed by atoms with Crippen LogP contribution in [0.3, 0.4) is 0 Å². The summed E-state index contributed by atoms with van der Waals surface area (Å²) in [7, 11) is 0. The van der Waals surface area contributed by atoms with Crippen molar-refractivity contribution in [2.24, 2.45) is 0 Å². The van der Waals surface area contributed by atoms with Crippen LogP contribution in [0.4, 0.5) is 5.69 Å². The van der Waals surface area contributed by atoms with E-state index in [0.29, 0.717) is 10.6 Å². The fourth-order valence-corrected chi connectivity index (χ4v) is 1.50. The minimum absolute atomic E-state index is 0.347. The smallest absolute Gasteiger partial charge is 0.350 e. The number of ether oxygens (including phenoxy) is 1. The maximum Gasteiger partial charge on any atom is 0.350 e. The van der Waals surface area contributed by atoms with E-state index < -0.39 is 5.60 Å². The lowest BCUT2D eigenvalue weighted by molar-refractivity contribution is 0.00764. The van der Waals surface area contributed by atoms with Crippen LogP contribution >= 0.6 is 11.3 Å². The van der Waals surface area contributed by atoms with Gasteiger partial charge in [0.1, 0.15) is 10.5 Å². The van der Waals surface area contributed by atoms with Gasteiger partial charge in [-0.2, -0.15) is 0 Å². The van der Waals surface area contributed by atoms with E-state index in [9.17, 15) is 4.79 Å². The summed E-state index contributed by atoms with van der Waals surface area (Å²) in [6.07, 6.45) is 0. The van der Waals surface area contributed by atoms with Crippen molar-refractivity contribution in [2.75, 3.05) is 5.73 Å². The molecule has 0 saturated heterocycles. The van der Waals surface area contributed by atoms with Crippen LogP contribution in [0.15, 0.2) is 11.4 Å². The Labute approximate surface area is 81.5 Å². The number of nitrogens with two attached hydrogens (primary N) is 1. The van der Waals surface area contributed by atoms with Crippen LogP contribution in [0.2, 0.25) is 0 Å². The van der Waals surface area contributed by atoms with Crippen molar-refractivity contribution in [1.29, 1.82) is 0 Å². The number of nitrogen functional groups attached to an aromatic ring is 1. The van der Waals surface area contributed by atoms with Crippen molar-refractivity contribution in [3.8, 4) is 0 Å². The largest absolute Gasteiger partial charge is 0.456 e. The minimum Gasteiger partial charge on any atom is -0.456 e. The molecule has 0 aromatic carbocycles. The highest BCUT2D eigenvalue weighted by Gasteiger charge is 2.20. The van der Waals surface area contributed by atoms with E-state index in [1.165, 1.54) is 11.3 Å². The van der Waals surface area contributed by atoms with Gasteiger partial charge in [0.15, 0.2) is 0 Å². The van der Waals surface area contributed by atoms with Gasteiger partial charge < -0.3 is 10.5 Å². The van der Waals surface area contributed by atoms with Crippen molar-refractivity contribution >= 4 is 23.0 Å². The normalized spacial score (nSPS) is 11.3. The zero-order chi connectivity index (χ0) is 10.1. The average Bonchev–Trinajstić information content (AvgIpc) is 2.30. The van der Waals surface area contributed by atoms with Crippen LogP contribution in [0, 0.1) is 0 Å². The van der Waals surface area contributed by atoms with E-state index in [2.05, 4.69) is 0 Å². The van der Waals surface area contributed by atoms with Gasteiger partial charge in [0.05, 0.1) is 5.69 Å². The van der Waals surface area contributed by atoms with Crippen molar-refractivity contribution in [3.05, 3.63) is 16.3 Å². The number of hydrogen-bond donors (Lipinski definition) is 1. The first-order chi connectivity index (χ1) is 5.90. The Hall–Kier alpha value is -1.03. The molecule has 0 aliphatic carbocycles. The third-order valence-electron chi connectivity index (χ3n) is 1.28. The molecule has 0 amide bonds. The van der Waals surface area contributed by atoms with Crippen LogP contribution in [-0.4, -0.2) is 11.6 Å². The molecule has 0 atom stereocenters. The zero-order valence-corrected chi connectivity index (χ0v) is 8.77. The Morgan fingerprint density at radius 2 is 2.15 bits per heavy atom. The Bertz CT molecular complexity index is 312. The number of thiophene rings is 1. The highest BCUT2D eigenvalue weighted by Crippen LogP contribution is 2.22. The van der Waals surface area contributed by atoms with Gasteiger partial charge in [-0.1, -0.05) is 0 Å². The Morgan fingerprint density at radius 1 is 1.54 bits per heavy atom. The van der Waals surface area contributed by atoms with E-state index in [0.717, 1.165) is 0 Å². The van der Waals surface area contributed by atoms with Crippen LogP contribution in [0.1, 0.15) is 30.4 Å². The molecule has 1 rings (SSSR count). The quantitative estimate of drug-likeness (QED) is 0.706. The number of esters is 1. The molecule has 13 heavy (non-hydrogen) atoms. The lowest BCUT2D eigenvalue weighted by atomic mass is 10.2. The Kier molecular flexibility index (Phi) is 2.61. The van der Waals surface area contributed by atoms with Gasteiger partial charge in [0.2, 0.25) is 0 Å². The van der Waals surface area contributed by atoms with Crippen molar-refractivity contribution in [3.63, 3.8) is 0 Å². The molecular weight excluding hydrogens is 186 g/mol. The molecule has 72 valence electrons. The molecular formula is C9H13NO2S. The molecule has 3 nitrogen and oxygen atoms in total. The van der Waals surface area contributed by atoms with Crippen LogP contribution in [0.5, 0.6) is 0 Å². The second-order valence-electron chi connectivity index (χ2n) is 3.71. The summed E-state index contributed by atoms with van der Waals surface area (Å²) in [5.74, 6) is -0.347. The number of rotatable bonds is 1. The first-order valence-corrected chi connectivity index (χ1v) is 4.84. The first kappa shape index (κ1) is 10.1. The highest BCUT2D eigenvalue weighted by atomic mass is 32.1. The highest BCUT2D eigenvalue weighted by molar-refractivity contribution is 7.12. The van der Waals surface area contributed by atoms with Crippen LogP contribution in [-0.2, 0) is 4.74 Å². The molecule has 0 bridgehead atoms. The first-order valence-electron chi connectivity index (χ1n) is 3.96. The number of carbonyl (C=O) groups excluding carboxylic acids is 1. The van der Waals surface area contributed by atoms with E-state index >= 15 is 0 Å². The van der Waals surface area contributed by atoms with Gasteiger partial charge in [-0.05, 0) is 32.2 Å². The maximum absolute atomic E-state index is 11.5. The summed E-state index contributed by atoms with van der Waals surface area (Å²) in [5.41, 5.74) is 5.59. The van der Waals surface area contributed by atoms with Gasteiger partial charge in [-0.15, -0.1) is 11.3 Å². The number of anilines is 1. The third kappa shape index (κ3) is 2.73. The van der Waals surface area contributed by atoms with Crippen LogP contribution in [0.25, 0.3) is 0 Å². The second kappa shape index (κ2) is 3.38. The fourth-order valence-electron chi connectivity index (χ4n) is 0.810. The molecule has 0 unspecified atom stereocenters. The molecule has 0 saturated carbocycles.